The van der Waals surface area contributed by atoms with Crippen LogP contribution in [0.4, 0.5) is 10.7 Å². The van der Waals surface area contributed by atoms with Gasteiger partial charge in [0.1, 0.15) is 15.6 Å². The number of carbonyl (C=O) groups excluding carboxylic acids is 1. The average Bonchev–Trinajstić information content (AvgIpc) is 2.71. The number of nitrogens with one attached hydrogen (secondary N) is 1. The van der Waals surface area contributed by atoms with Crippen LogP contribution < -0.4 is 15.8 Å². The highest BCUT2D eigenvalue weighted by Gasteiger charge is 2.22. The van der Waals surface area contributed by atoms with E-state index in [2.05, 4.69) is 5.32 Å². The van der Waals surface area contributed by atoms with Crippen molar-refractivity contribution in [3.05, 3.63) is 4.88 Å². The van der Waals surface area contributed by atoms with Crippen molar-refractivity contribution in [2.45, 2.75) is 13.8 Å². The summed E-state index contributed by atoms with van der Waals surface area (Å²) >= 11 is 1.23. The quantitative estimate of drug-likeness (QED) is 0.562. The minimum absolute atomic E-state index is 0.310. The summed E-state index contributed by atoms with van der Waals surface area (Å²) in [6, 6.07) is 0. The van der Waals surface area contributed by atoms with Gasteiger partial charge in [-0.05, 0) is 13.8 Å². The zero-order valence-electron chi connectivity index (χ0n) is 11.4. The van der Waals surface area contributed by atoms with E-state index in [4.69, 9.17) is 19.9 Å². The molecular weight excluding hydrogens is 268 g/mol. The fourth-order valence-electron chi connectivity index (χ4n) is 1.48. The first kappa shape index (κ1) is 15.6. The van der Waals surface area contributed by atoms with E-state index in [1.165, 1.54) is 18.4 Å². The molecule has 0 spiro atoms. The van der Waals surface area contributed by atoms with Gasteiger partial charge in [0.15, 0.2) is 5.75 Å². The second-order valence-corrected chi connectivity index (χ2v) is 4.57. The van der Waals surface area contributed by atoms with Crippen molar-refractivity contribution in [2.75, 3.05) is 44.5 Å². The number of thiophene rings is 1. The van der Waals surface area contributed by atoms with Crippen LogP contribution in [0.5, 0.6) is 5.75 Å². The minimum atomic E-state index is -0.429. The second-order valence-electron chi connectivity index (χ2n) is 3.55. The molecule has 0 aliphatic carbocycles. The Bertz CT molecular complexity index is 420. The summed E-state index contributed by atoms with van der Waals surface area (Å²) in [6.07, 6.45) is 0. The molecule has 1 rings (SSSR count). The van der Waals surface area contributed by atoms with Gasteiger partial charge in [0.2, 0.25) is 0 Å². The Labute approximate surface area is 116 Å². The topological polar surface area (TPSA) is 82.8 Å². The second kappa shape index (κ2) is 7.85. The number of esters is 1. The first-order valence-electron chi connectivity index (χ1n) is 6.10. The molecule has 6 nitrogen and oxygen atoms in total. The predicted octanol–water partition coefficient (Wildman–Crippen LogP) is 1.96. The highest BCUT2D eigenvalue weighted by molar-refractivity contribution is 7.19. The van der Waals surface area contributed by atoms with E-state index in [1.54, 1.807) is 6.92 Å². The van der Waals surface area contributed by atoms with Crippen molar-refractivity contribution in [2.24, 2.45) is 0 Å². The number of hydrogen-bond acceptors (Lipinski definition) is 7. The van der Waals surface area contributed by atoms with Crippen molar-refractivity contribution in [1.82, 2.24) is 0 Å². The molecular formula is C12H20N2O4S. The van der Waals surface area contributed by atoms with E-state index in [0.29, 0.717) is 47.7 Å². The number of anilines is 2. The number of nitrogens with two attached hydrogens (primary N) is 1. The van der Waals surface area contributed by atoms with Crippen molar-refractivity contribution in [3.63, 3.8) is 0 Å². The van der Waals surface area contributed by atoms with E-state index < -0.39 is 5.97 Å². The number of methoxy groups -OCH3 is 1. The molecule has 0 saturated heterocycles. The molecule has 0 radical (unpaired) electrons. The number of carbonyl (C=O) groups is 1. The molecule has 0 saturated carbocycles. The van der Waals surface area contributed by atoms with E-state index in [1.807, 2.05) is 6.92 Å². The normalized spacial score (nSPS) is 10.3. The van der Waals surface area contributed by atoms with Gasteiger partial charge in [-0.25, -0.2) is 4.79 Å². The van der Waals surface area contributed by atoms with E-state index in [-0.39, 0.29) is 0 Å². The Morgan fingerprint density at radius 3 is 2.68 bits per heavy atom. The van der Waals surface area contributed by atoms with Crippen LogP contribution in [-0.4, -0.2) is 39.4 Å². The lowest BCUT2D eigenvalue weighted by Crippen LogP contribution is -2.08. The van der Waals surface area contributed by atoms with Gasteiger partial charge in [-0.1, -0.05) is 0 Å². The predicted molar refractivity (Wildman–Crippen MR) is 76.2 cm³/mol. The first-order valence-corrected chi connectivity index (χ1v) is 6.92. The molecule has 108 valence electrons. The average molecular weight is 288 g/mol. The Balaban J connectivity index is 2.80. The smallest absolute Gasteiger partial charge is 0.350 e. The fourth-order valence-corrected chi connectivity index (χ4v) is 2.49. The molecule has 0 bridgehead atoms. The molecule has 0 aliphatic heterocycles. The zero-order valence-corrected chi connectivity index (χ0v) is 12.3. The lowest BCUT2D eigenvalue weighted by atomic mass is 10.3. The van der Waals surface area contributed by atoms with Crippen LogP contribution in [0.15, 0.2) is 0 Å². The summed E-state index contributed by atoms with van der Waals surface area (Å²) in [5, 5.41) is 3.85. The Morgan fingerprint density at radius 2 is 2.11 bits per heavy atom. The maximum Gasteiger partial charge on any atom is 0.350 e. The Morgan fingerprint density at radius 1 is 1.37 bits per heavy atom. The molecule has 0 amide bonds. The first-order chi connectivity index (χ1) is 9.15. The largest absolute Gasteiger partial charge is 0.492 e. The highest BCUT2D eigenvalue weighted by Crippen LogP contribution is 2.42. The molecule has 0 atom stereocenters. The van der Waals surface area contributed by atoms with Gasteiger partial charge in [-0.15, -0.1) is 11.3 Å². The zero-order chi connectivity index (χ0) is 14.3. The van der Waals surface area contributed by atoms with Crippen molar-refractivity contribution in [1.29, 1.82) is 0 Å². The molecule has 3 N–H and O–H groups in total. The summed E-state index contributed by atoms with van der Waals surface area (Å²) in [5.74, 6) is 0.0470. The maximum absolute atomic E-state index is 11.7. The monoisotopic (exact) mass is 288 g/mol. The van der Waals surface area contributed by atoms with Gasteiger partial charge in [-0.3, -0.25) is 0 Å². The lowest BCUT2D eigenvalue weighted by Gasteiger charge is -2.06. The highest BCUT2D eigenvalue weighted by atomic mass is 32.1. The van der Waals surface area contributed by atoms with Crippen LogP contribution in [0.2, 0.25) is 0 Å². The summed E-state index contributed by atoms with van der Waals surface area (Å²) in [6.45, 7) is 5.85. The van der Waals surface area contributed by atoms with Crippen LogP contribution in [0.25, 0.3) is 0 Å². The molecule has 1 aromatic heterocycles. The third kappa shape index (κ3) is 4.00. The standard InChI is InChI=1S/C12H20N2O4S/c1-4-17-7-6-14-11-9(16-3)8(13)10(19-11)12(15)18-5-2/h14H,4-7,13H2,1-3H3. The Kier molecular flexibility index (Phi) is 6.44. The molecule has 0 fully saturated rings. The van der Waals surface area contributed by atoms with Crippen LogP contribution >= 0.6 is 11.3 Å². The van der Waals surface area contributed by atoms with Crippen LogP contribution in [0, 0.1) is 0 Å². The van der Waals surface area contributed by atoms with Crippen molar-refractivity contribution >= 4 is 28.0 Å². The van der Waals surface area contributed by atoms with Crippen molar-refractivity contribution < 1.29 is 19.0 Å². The molecule has 0 aliphatic rings. The van der Waals surface area contributed by atoms with Crippen LogP contribution in [-0.2, 0) is 9.47 Å². The molecule has 1 aromatic rings. The SMILES string of the molecule is CCOCCNc1sc(C(=O)OCC)c(N)c1OC. The maximum atomic E-state index is 11.7. The fraction of sp³-hybridized carbons (Fsp3) is 0.583. The molecule has 0 aromatic carbocycles. The van der Waals surface area contributed by atoms with Gasteiger partial charge in [-0.2, -0.15) is 0 Å². The van der Waals surface area contributed by atoms with Crippen LogP contribution in [0.1, 0.15) is 23.5 Å². The molecule has 0 unspecified atom stereocenters. The van der Waals surface area contributed by atoms with E-state index in [0.717, 1.165) is 0 Å². The summed E-state index contributed by atoms with van der Waals surface area (Å²) < 4.78 is 15.4. The van der Waals surface area contributed by atoms with E-state index >= 15 is 0 Å². The number of ether oxygens (including phenoxy) is 3. The van der Waals surface area contributed by atoms with Crippen molar-refractivity contribution in [3.8, 4) is 5.75 Å². The lowest BCUT2D eigenvalue weighted by molar-refractivity contribution is 0.0533. The minimum Gasteiger partial charge on any atom is -0.492 e. The van der Waals surface area contributed by atoms with E-state index in [9.17, 15) is 4.79 Å². The summed E-state index contributed by atoms with van der Waals surface area (Å²) in [4.78, 5) is 12.1. The van der Waals surface area contributed by atoms with Gasteiger partial charge in [0, 0.05) is 13.2 Å². The third-order valence-corrected chi connectivity index (χ3v) is 3.43. The van der Waals surface area contributed by atoms with Crippen LogP contribution in [0.3, 0.4) is 0 Å². The summed E-state index contributed by atoms with van der Waals surface area (Å²) in [5.41, 5.74) is 6.20. The van der Waals surface area contributed by atoms with Gasteiger partial charge >= 0.3 is 5.97 Å². The number of nitrogen functional groups attached to an aromatic ring is 1. The summed E-state index contributed by atoms with van der Waals surface area (Å²) in [7, 11) is 1.51. The Hall–Kier alpha value is -1.47. The molecule has 7 heteroatoms. The van der Waals surface area contributed by atoms with Gasteiger partial charge in [0.05, 0.1) is 20.3 Å². The number of rotatable bonds is 8. The molecule has 19 heavy (non-hydrogen) atoms. The third-order valence-electron chi connectivity index (χ3n) is 2.30. The van der Waals surface area contributed by atoms with Gasteiger partial charge < -0.3 is 25.3 Å². The van der Waals surface area contributed by atoms with Gasteiger partial charge in [0.25, 0.3) is 0 Å². The molecule has 1 heterocycles. The number of hydrogen-bond donors (Lipinski definition) is 2.